The lowest BCUT2D eigenvalue weighted by molar-refractivity contribution is -0.137. The van der Waals surface area contributed by atoms with E-state index in [1.54, 1.807) is 6.92 Å². The summed E-state index contributed by atoms with van der Waals surface area (Å²) in [5.41, 5.74) is 2.89. The predicted octanol–water partition coefficient (Wildman–Crippen LogP) is 5.42. The van der Waals surface area contributed by atoms with Crippen LogP contribution in [0.2, 0.25) is 0 Å². The summed E-state index contributed by atoms with van der Waals surface area (Å²) in [6, 6.07) is 19.4. The van der Waals surface area contributed by atoms with Crippen molar-refractivity contribution in [2.75, 3.05) is 0 Å². The molecule has 0 aliphatic carbocycles. The minimum absolute atomic E-state index is 0.0163. The molecule has 0 aliphatic heterocycles. The molecule has 1 N–H and O–H groups in total. The molecule has 3 aromatic rings. The van der Waals surface area contributed by atoms with Crippen LogP contribution in [0.5, 0.6) is 5.75 Å². The first kappa shape index (κ1) is 19.3. The fourth-order valence-electron chi connectivity index (χ4n) is 2.97. The van der Waals surface area contributed by atoms with Crippen LogP contribution in [-0.4, -0.2) is 11.1 Å². The highest BCUT2D eigenvalue weighted by Crippen LogP contribution is 2.27. The third kappa shape index (κ3) is 4.83. The van der Waals surface area contributed by atoms with Gasteiger partial charge in [-0.1, -0.05) is 48.4 Å². The van der Waals surface area contributed by atoms with E-state index in [0.29, 0.717) is 12.4 Å². The quantitative estimate of drug-likeness (QED) is 0.561. The summed E-state index contributed by atoms with van der Waals surface area (Å²) in [6.07, 6.45) is -0.0163. The number of benzene rings is 2. The lowest BCUT2D eigenvalue weighted by atomic mass is 9.96. The van der Waals surface area contributed by atoms with Crippen LogP contribution < -0.4 is 4.74 Å². The summed E-state index contributed by atoms with van der Waals surface area (Å²) >= 11 is 0. The van der Waals surface area contributed by atoms with E-state index in [-0.39, 0.29) is 12.3 Å². The summed E-state index contributed by atoms with van der Waals surface area (Å²) < 4.78 is 11.7. The van der Waals surface area contributed by atoms with E-state index >= 15 is 0 Å². The number of ether oxygens (including phenoxy) is 1. The third-order valence-corrected chi connectivity index (χ3v) is 4.45. The number of hydrogen-bond donors (Lipinski definition) is 1. The Balaban J connectivity index is 1.67. The summed E-state index contributed by atoms with van der Waals surface area (Å²) in [6.45, 7) is 4.03. The molecule has 2 aromatic carbocycles. The highest BCUT2D eigenvalue weighted by Gasteiger charge is 2.14. The normalized spacial score (nSPS) is 11.4. The number of carbonyl (C=O) groups is 1. The monoisotopic (exact) mass is 374 g/mol. The van der Waals surface area contributed by atoms with Crippen LogP contribution >= 0.6 is 0 Å². The zero-order valence-electron chi connectivity index (χ0n) is 15.9. The molecular formula is C24H22O4. The van der Waals surface area contributed by atoms with Crippen molar-refractivity contribution in [3.8, 4) is 28.9 Å². The highest BCUT2D eigenvalue weighted by atomic mass is 16.5. The minimum atomic E-state index is -0.863. The highest BCUT2D eigenvalue weighted by molar-refractivity contribution is 5.69. The van der Waals surface area contributed by atoms with E-state index in [1.165, 1.54) is 0 Å². The molecule has 1 unspecified atom stereocenters. The molecule has 0 fully saturated rings. The largest absolute Gasteiger partial charge is 0.489 e. The number of aliphatic carboxylic acids is 1. The molecule has 3 rings (SSSR count). The summed E-state index contributed by atoms with van der Waals surface area (Å²) in [7, 11) is 0. The Morgan fingerprint density at radius 2 is 1.86 bits per heavy atom. The summed E-state index contributed by atoms with van der Waals surface area (Å²) in [5.74, 6) is 6.93. The van der Waals surface area contributed by atoms with Crippen LogP contribution in [0.4, 0.5) is 0 Å². The smallest absolute Gasteiger partial charge is 0.304 e. The lowest BCUT2D eigenvalue weighted by Gasteiger charge is -2.10. The molecule has 0 bridgehead atoms. The molecule has 0 saturated heterocycles. The van der Waals surface area contributed by atoms with Crippen molar-refractivity contribution in [2.45, 2.75) is 32.8 Å². The van der Waals surface area contributed by atoms with Crippen molar-refractivity contribution in [2.24, 2.45) is 0 Å². The Morgan fingerprint density at radius 1 is 1.14 bits per heavy atom. The molecule has 0 spiro atoms. The van der Waals surface area contributed by atoms with Crippen LogP contribution in [-0.2, 0) is 11.4 Å². The minimum Gasteiger partial charge on any atom is -0.489 e. The molecule has 4 heteroatoms. The van der Waals surface area contributed by atoms with Gasteiger partial charge in [0.05, 0.1) is 12.3 Å². The van der Waals surface area contributed by atoms with Crippen LogP contribution in [0.1, 0.15) is 36.1 Å². The average Bonchev–Trinajstić information content (AvgIpc) is 3.07. The third-order valence-electron chi connectivity index (χ3n) is 4.45. The van der Waals surface area contributed by atoms with E-state index in [0.717, 1.165) is 28.2 Å². The number of furan rings is 1. The van der Waals surface area contributed by atoms with Crippen molar-refractivity contribution in [1.29, 1.82) is 0 Å². The first-order valence-corrected chi connectivity index (χ1v) is 9.08. The molecule has 1 atom stereocenters. The molecule has 0 amide bonds. The second-order valence-corrected chi connectivity index (χ2v) is 6.46. The molecular weight excluding hydrogens is 352 g/mol. The van der Waals surface area contributed by atoms with Crippen LogP contribution in [0.15, 0.2) is 65.1 Å². The standard InChI is InChI=1S/C24H22O4/c1-3-7-20(15-24(25)26)18-10-12-22(13-11-18)27-16-21-14-23(28-17(21)2)19-8-5-4-6-9-19/h4-6,8-14,20H,15-16H2,1-2H3,(H,25,26). The van der Waals surface area contributed by atoms with E-state index in [1.807, 2.05) is 67.6 Å². The number of carboxylic acid groups (broad SMARTS) is 1. The van der Waals surface area contributed by atoms with Crippen LogP contribution in [0, 0.1) is 18.8 Å². The molecule has 0 aliphatic rings. The second-order valence-electron chi connectivity index (χ2n) is 6.46. The molecule has 1 heterocycles. The van der Waals surface area contributed by atoms with Gasteiger partial charge in [-0.25, -0.2) is 0 Å². The van der Waals surface area contributed by atoms with E-state index < -0.39 is 5.97 Å². The molecule has 142 valence electrons. The van der Waals surface area contributed by atoms with E-state index in [2.05, 4.69) is 11.8 Å². The molecule has 0 saturated carbocycles. The molecule has 0 radical (unpaired) electrons. The topological polar surface area (TPSA) is 59.7 Å². The molecule has 1 aromatic heterocycles. The molecule has 28 heavy (non-hydrogen) atoms. The van der Waals surface area contributed by atoms with Crippen molar-refractivity contribution >= 4 is 5.97 Å². The Kier molecular flexibility index (Phi) is 6.18. The van der Waals surface area contributed by atoms with Gasteiger partial charge in [-0.05, 0) is 37.6 Å². The van der Waals surface area contributed by atoms with Crippen molar-refractivity contribution < 1.29 is 19.1 Å². The van der Waals surface area contributed by atoms with Gasteiger partial charge in [-0.15, -0.1) is 5.92 Å². The number of rotatable bonds is 7. The van der Waals surface area contributed by atoms with Gasteiger partial charge in [-0.3, -0.25) is 4.79 Å². The Hall–Kier alpha value is -3.45. The van der Waals surface area contributed by atoms with E-state index in [4.69, 9.17) is 14.3 Å². The van der Waals surface area contributed by atoms with Crippen molar-refractivity contribution in [1.82, 2.24) is 0 Å². The first-order valence-electron chi connectivity index (χ1n) is 9.08. The van der Waals surface area contributed by atoms with Gasteiger partial charge in [0.15, 0.2) is 0 Å². The molecule has 4 nitrogen and oxygen atoms in total. The number of aryl methyl sites for hydroxylation is 1. The van der Waals surface area contributed by atoms with Gasteiger partial charge in [0.1, 0.15) is 23.9 Å². The van der Waals surface area contributed by atoms with Crippen molar-refractivity contribution in [3.63, 3.8) is 0 Å². The maximum absolute atomic E-state index is 11.0. The van der Waals surface area contributed by atoms with Crippen LogP contribution in [0.25, 0.3) is 11.3 Å². The average molecular weight is 374 g/mol. The van der Waals surface area contributed by atoms with Gasteiger partial charge < -0.3 is 14.3 Å². The van der Waals surface area contributed by atoms with Crippen LogP contribution in [0.3, 0.4) is 0 Å². The second kappa shape index (κ2) is 8.96. The SMILES string of the molecule is CC#CC(CC(=O)O)c1ccc(OCc2cc(-c3ccccc3)oc2C)cc1. The zero-order valence-corrected chi connectivity index (χ0v) is 15.9. The maximum atomic E-state index is 11.0. The Bertz CT molecular complexity index is 989. The number of hydrogen-bond acceptors (Lipinski definition) is 3. The Labute approximate surface area is 164 Å². The van der Waals surface area contributed by atoms with Crippen molar-refractivity contribution in [3.05, 3.63) is 77.6 Å². The predicted molar refractivity (Wildman–Crippen MR) is 108 cm³/mol. The summed E-state index contributed by atoms with van der Waals surface area (Å²) in [4.78, 5) is 11.0. The van der Waals surface area contributed by atoms with Gasteiger partial charge in [0, 0.05) is 11.1 Å². The first-order chi connectivity index (χ1) is 13.6. The summed E-state index contributed by atoms with van der Waals surface area (Å²) in [5, 5.41) is 9.05. The lowest BCUT2D eigenvalue weighted by Crippen LogP contribution is -2.04. The zero-order chi connectivity index (χ0) is 19.9. The van der Waals surface area contributed by atoms with Gasteiger partial charge >= 0.3 is 5.97 Å². The Morgan fingerprint density at radius 3 is 2.50 bits per heavy atom. The van der Waals surface area contributed by atoms with Gasteiger partial charge in [0.25, 0.3) is 0 Å². The fourth-order valence-corrected chi connectivity index (χ4v) is 2.97. The van der Waals surface area contributed by atoms with Gasteiger partial charge in [0.2, 0.25) is 0 Å². The van der Waals surface area contributed by atoms with Gasteiger partial charge in [-0.2, -0.15) is 0 Å². The van der Waals surface area contributed by atoms with E-state index in [9.17, 15) is 4.79 Å². The fraction of sp³-hybridized carbons (Fsp3) is 0.208. The maximum Gasteiger partial charge on any atom is 0.304 e. The number of carboxylic acids is 1.